The summed E-state index contributed by atoms with van der Waals surface area (Å²) in [5, 5.41) is 0. The second-order valence-electron chi connectivity index (χ2n) is 6.70. The second kappa shape index (κ2) is 6.60. The fourth-order valence-electron chi connectivity index (χ4n) is 3.36. The lowest BCUT2D eigenvalue weighted by atomic mass is 10.1. The van der Waals surface area contributed by atoms with Crippen LogP contribution in [0, 0.1) is 6.92 Å². The van der Waals surface area contributed by atoms with Crippen LogP contribution < -0.4 is 0 Å². The van der Waals surface area contributed by atoms with Crippen LogP contribution in [0.4, 0.5) is 0 Å². The monoisotopic (exact) mass is 384 g/mol. The molecule has 0 aliphatic rings. The third kappa shape index (κ3) is 2.86. The molecule has 0 aliphatic heterocycles. The summed E-state index contributed by atoms with van der Waals surface area (Å²) in [6.45, 7) is 2.02. The highest BCUT2D eigenvalue weighted by molar-refractivity contribution is 6.02. The fourth-order valence-corrected chi connectivity index (χ4v) is 3.36. The highest BCUT2D eigenvalue weighted by atomic mass is 16.5. The summed E-state index contributed by atoms with van der Waals surface area (Å²) >= 11 is 0. The molecule has 142 valence electrons. The van der Waals surface area contributed by atoms with Crippen LogP contribution in [0.15, 0.2) is 69.5 Å². The van der Waals surface area contributed by atoms with Crippen LogP contribution in [0.25, 0.3) is 45.1 Å². The predicted octanol–water partition coefficient (Wildman–Crippen LogP) is 5.40. The molecule has 0 atom stereocenters. The third-order valence-electron chi connectivity index (χ3n) is 4.74. The average Bonchev–Trinajstić information content (AvgIpc) is 3.37. The lowest BCUT2D eigenvalue weighted by Crippen LogP contribution is -2.01. The van der Waals surface area contributed by atoms with E-state index < -0.39 is 5.97 Å². The molecule has 0 spiro atoms. The largest absolute Gasteiger partial charge is 0.465 e. The van der Waals surface area contributed by atoms with E-state index in [1.165, 1.54) is 7.11 Å². The molecule has 5 aromatic rings. The van der Waals surface area contributed by atoms with Crippen LogP contribution in [-0.2, 0) is 4.74 Å². The Balaban J connectivity index is 1.68. The van der Waals surface area contributed by atoms with Crippen LogP contribution in [0.1, 0.15) is 15.9 Å². The van der Waals surface area contributed by atoms with Gasteiger partial charge in [-0.05, 0) is 43.3 Å². The Morgan fingerprint density at radius 2 is 1.55 bits per heavy atom. The number of carbonyl (C=O) groups excluding carboxylic acids is 1. The molecule has 6 nitrogen and oxygen atoms in total. The van der Waals surface area contributed by atoms with Crippen molar-refractivity contribution in [1.29, 1.82) is 0 Å². The number of nitrogens with zero attached hydrogens (tertiary/aromatic N) is 2. The lowest BCUT2D eigenvalue weighted by molar-refractivity contribution is 0.0602. The van der Waals surface area contributed by atoms with Gasteiger partial charge < -0.3 is 13.6 Å². The molecule has 0 fully saturated rings. The van der Waals surface area contributed by atoms with Crippen LogP contribution in [0.3, 0.4) is 0 Å². The molecular weight excluding hydrogens is 368 g/mol. The van der Waals surface area contributed by atoms with Gasteiger partial charge in [-0.1, -0.05) is 29.8 Å². The van der Waals surface area contributed by atoms with Crippen LogP contribution in [0.2, 0.25) is 0 Å². The number of fused-ring (bicyclic) bond motifs is 2. The van der Waals surface area contributed by atoms with E-state index in [0.29, 0.717) is 45.1 Å². The number of carbonyl (C=O) groups is 1. The van der Waals surface area contributed by atoms with E-state index in [2.05, 4.69) is 9.97 Å². The quantitative estimate of drug-likeness (QED) is 0.388. The van der Waals surface area contributed by atoms with E-state index >= 15 is 0 Å². The number of para-hydroxylation sites is 2. The Bertz CT molecular complexity index is 1380. The zero-order valence-electron chi connectivity index (χ0n) is 15.8. The molecule has 5 rings (SSSR count). The number of ether oxygens (including phenoxy) is 1. The van der Waals surface area contributed by atoms with Crippen molar-refractivity contribution in [2.45, 2.75) is 6.92 Å². The Labute approximate surface area is 165 Å². The summed E-state index contributed by atoms with van der Waals surface area (Å²) < 4.78 is 16.7. The van der Waals surface area contributed by atoms with Crippen molar-refractivity contribution in [2.75, 3.05) is 7.11 Å². The highest BCUT2D eigenvalue weighted by Crippen LogP contribution is 2.33. The molecule has 29 heavy (non-hydrogen) atoms. The van der Waals surface area contributed by atoms with Gasteiger partial charge in [-0.3, -0.25) is 0 Å². The molecule has 0 saturated heterocycles. The first kappa shape index (κ1) is 17.2. The lowest BCUT2D eigenvalue weighted by Gasteiger charge is -1.97. The van der Waals surface area contributed by atoms with Gasteiger partial charge in [0, 0.05) is 5.56 Å². The van der Waals surface area contributed by atoms with E-state index in [4.69, 9.17) is 13.6 Å². The SMILES string of the molecule is COC(=O)c1cccc2oc(-c3cccc4oc(-c5cccc(C)c5)nc34)nc12. The average molecular weight is 384 g/mol. The first-order valence-electron chi connectivity index (χ1n) is 9.09. The second-order valence-corrected chi connectivity index (χ2v) is 6.70. The Morgan fingerprint density at radius 3 is 2.34 bits per heavy atom. The number of oxazole rings is 2. The van der Waals surface area contributed by atoms with Gasteiger partial charge in [0.2, 0.25) is 11.8 Å². The summed E-state index contributed by atoms with van der Waals surface area (Å²) in [5.41, 5.74) is 5.31. The molecule has 0 bridgehead atoms. The minimum absolute atomic E-state index is 0.354. The Hall–Kier alpha value is -3.93. The van der Waals surface area contributed by atoms with E-state index in [0.717, 1.165) is 11.1 Å². The first-order valence-corrected chi connectivity index (χ1v) is 9.09. The van der Waals surface area contributed by atoms with Crippen LogP contribution in [-0.4, -0.2) is 23.0 Å². The van der Waals surface area contributed by atoms with E-state index in [-0.39, 0.29) is 0 Å². The standard InChI is InChI=1S/C23H16N2O4/c1-13-6-3-7-14(12-13)21-24-19-15(8-4-10-17(19)28-21)22-25-20-16(23(26)27-2)9-5-11-18(20)29-22/h3-12H,1-2H3. The van der Waals surface area contributed by atoms with Crippen molar-refractivity contribution >= 4 is 28.2 Å². The third-order valence-corrected chi connectivity index (χ3v) is 4.74. The molecule has 0 saturated carbocycles. The molecular formula is C23H16N2O4. The van der Waals surface area contributed by atoms with Gasteiger partial charge in [0.25, 0.3) is 0 Å². The maximum absolute atomic E-state index is 12.0. The maximum Gasteiger partial charge on any atom is 0.340 e. The van der Waals surface area contributed by atoms with Crippen molar-refractivity contribution in [3.8, 4) is 22.9 Å². The smallest absolute Gasteiger partial charge is 0.340 e. The highest BCUT2D eigenvalue weighted by Gasteiger charge is 2.20. The van der Waals surface area contributed by atoms with Crippen LogP contribution >= 0.6 is 0 Å². The van der Waals surface area contributed by atoms with Crippen molar-refractivity contribution in [3.05, 3.63) is 71.8 Å². The van der Waals surface area contributed by atoms with Gasteiger partial charge in [-0.15, -0.1) is 0 Å². The van der Waals surface area contributed by atoms with Crippen molar-refractivity contribution < 1.29 is 18.4 Å². The first-order chi connectivity index (χ1) is 14.1. The Kier molecular flexibility index (Phi) is 3.91. The number of aromatic nitrogens is 2. The Morgan fingerprint density at radius 1 is 0.862 bits per heavy atom. The van der Waals surface area contributed by atoms with E-state index in [1.54, 1.807) is 18.2 Å². The number of rotatable bonds is 3. The molecule has 0 N–H and O–H groups in total. The summed E-state index contributed by atoms with van der Waals surface area (Å²) in [6, 6.07) is 18.7. The van der Waals surface area contributed by atoms with E-state index in [1.807, 2.05) is 49.4 Å². The number of esters is 1. The zero-order valence-corrected chi connectivity index (χ0v) is 15.8. The molecule has 0 amide bonds. The molecule has 0 aliphatic carbocycles. The van der Waals surface area contributed by atoms with Gasteiger partial charge in [-0.25, -0.2) is 14.8 Å². The zero-order chi connectivity index (χ0) is 20.0. The minimum Gasteiger partial charge on any atom is -0.465 e. The van der Waals surface area contributed by atoms with Gasteiger partial charge in [0.15, 0.2) is 11.2 Å². The van der Waals surface area contributed by atoms with Gasteiger partial charge in [0.05, 0.1) is 18.2 Å². The number of benzene rings is 3. The number of hydrogen-bond donors (Lipinski definition) is 0. The van der Waals surface area contributed by atoms with Crippen LogP contribution in [0.5, 0.6) is 0 Å². The molecule has 2 heterocycles. The normalized spacial score (nSPS) is 11.2. The van der Waals surface area contributed by atoms with E-state index in [9.17, 15) is 4.79 Å². The summed E-state index contributed by atoms with van der Waals surface area (Å²) in [6.07, 6.45) is 0. The summed E-state index contributed by atoms with van der Waals surface area (Å²) in [5.74, 6) is 0.436. The van der Waals surface area contributed by atoms with Crippen molar-refractivity contribution in [3.63, 3.8) is 0 Å². The van der Waals surface area contributed by atoms with Crippen molar-refractivity contribution in [2.24, 2.45) is 0 Å². The molecule has 0 radical (unpaired) electrons. The molecule has 6 heteroatoms. The topological polar surface area (TPSA) is 78.4 Å². The fraction of sp³-hybridized carbons (Fsp3) is 0.0870. The van der Waals surface area contributed by atoms with Gasteiger partial charge >= 0.3 is 5.97 Å². The van der Waals surface area contributed by atoms with Gasteiger partial charge in [-0.2, -0.15) is 0 Å². The molecule has 2 aromatic heterocycles. The van der Waals surface area contributed by atoms with Crippen molar-refractivity contribution in [1.82, 2.24) is 9.97 Å². The summed E-state index contributed by atoms with van der Waals surface area (Å²) in [4.78, 5) is 21.3. The predicted molar refractivity (Wildman–Crippen MR) is 109 cm³/mol. The molecule has 0 unspecified atom stereocenters. The number of hydrogen-bond acceptors (Lipinski definition) is 6. The maximum atomic E-state index is 12.0. The number of methoxy groups -OCH3 is 1. The summed E-state index contributed by atoms with van der Waals surface area (Å²) in [7, 11) is 1.34. The minimum atomic E-state index is -0.461. The molecule has 3 aromatic carbocycles. The van der Waals surface area contributed by atoms with Gasteiger partial charge in [0.1, 0.15) is 11.0 Å². The number of aryl methyl sites for hydroxylation is 1.